The molecule has 0 aromatic heterocycles. The van der Waals surface area contributed by atoms with E-state index in [2.05, 4.69) is 29.4 Å². The minimum Gasteiger partial charge on any atom is -0.481 e. The molecule has 4 heteroatoms. The Balaban J connectivity index is 1.37. The highest BCUT2D eigenvalue weighted by Crippen LogP contribution is 2.42. The van der Waals surface area contributed by atoms with Crippen molar-refractivity contribution in [3.8, 4) is 0 Å². The first-order valence-electron chi connectivity index (χ1n) is 11.6. The van der Waals surface area contributed by atoms with Crippen molar-refractivity contribution in [2.75, 3.05) is 0 Å². The van der Waals surface area contributed by atoms with Gasteiger partial charge in [0.05, 0.1) is 5.92 Å². The second-order valence-corrected chi connectivity index (χ2v) is 9.01. The second kappa shape index (κ2) is 10.0. The lowest BCUT2D eigenvalue weighted by Gasteiger charge is -2.17. The Kier molecular flexibility index (Phi) is 6.96. The second-order valence-electron chi connectivity index (χ2n) is 9.01. The van der Waals surface area contributed by atoms with Crippen LogP contribution in [0.2, 0.25) is 0 Å². The van der Waals surface area contributed by atoms with E-state index in [-0.39, 0.29) is 6.42 Å². The molecule has 2 aromatic rings. The van der Waals surface area contributed by atoms with E-state index < -0.39 is 17.9 Å². The van der Waals surface area contributed by atoms with Crippen molar-refractivity contribution in [3.05, 3.63) is 81.3 Å². The number of nitroso groups, excluding NO2 is 1. The first-order valence-corrected chi connectivity index (χ1v) is 11.6. The third kappa shape index (κ3) is 5.12. The minimum atomic E-state index is -0.827. The number of carboxylic acids is 1. The Morgan fingerprint density at radius 1 is 1.03 bits per heavy atom. The molecule has 2 atom stereocenters. The van der Waals surface area contributed by atoms with Crippen LogP contribution >= 0.6 is 0 Å². The molecular formula is C27H31NO3. The predicted molar refractivity (Wildman–Crippen MR) is 124 cm³/mol. The third-order valence-corrected chi connectivity index (χ3v) is 6.92. The SMILES string of the molecule is O=NC(CC(CCCCc1ccccc1)C(=O)O)c1ccc2c(c1)CC1=C2CCCC1. The lowest BCUT2D eigenvalue weighted by atomic mass is 9.89. The van der Waals surface area contributed by atoms with Crippen LogP contribution in [0.3, 0.4) is 0 Å². The summed E-state index contributed by atoms with van der Waals surface area (Å²) < 4.78 is 0. The van der Waals surface area contributed by atoms with Gasteiger partial charge in [-0.15, -0.1) is 0 Å². The van der Waals surface area contributed by atoms with Gasteiger partial charge in [-0.2, -0.15) is 4.91 Å². The number of aliphatic carboxylic acids is 1. The van der Waals surface area contributed by atoms with Gasteiger partial charge in [0.2, 0.25) is 0 Å². The molecule has 2 aliphatic rings. The van der Waals surface area contributed by atoms with Crippen molar-refractivity contribution in [2.45, 2.75) is 70.3 Å². The number of hydrogen-bond donors (Lipinski definition) is 1. The lowest BCUT2D eigenvalue weighted by Crippen LogP contribution is -2.17. The number of fused-ring (bicyclic) bond motifs is 2. The number of allylic oxidation sites excluding steroid dienone is 2. The molecule has 0 fully saturated rings. The maximum absolute atomic E-state index is 11.9. The molecule has 0 heterocycles. The molecule has 2 aromatic carbocycles. The van der Waals surface area contributed by atoms with Crippen molar-refractivity contribution < 1.29 is 9.90 Å². The van der Waals surface area contributed by atoms with Crippen molar-refractivity contribution >= 4 is 11.5 Å². The summed E-state index contributed by atoms with van der Waals surface area (Å²) in [5, 5.41) is 13.1. The van der Waals surface area contributed by atoms with Gasteiger partial charge in [0.15, 0.2) is 0 Å². The quantitative estimate of drug-likeness (QED) is 0.338. The van der Waals surface area contributed by atoms with E-state index in [4.69, 9.17) is 0 Å². The van der Waals surface area contributed by atoms with E-state index in [1.165, 1.54) is 41.5 Å². The van der Waals surface area contributed by atoms with E-state index >= 15 is 0 Å². The first kappa shape index (κ1) is 21.5. The monoisotopic (exact) mass is 417 g/mol. The molecule has 2 aliphatic carbocycles. The zero-order valence-electron chi connectivity index (χ0n) is 18.1. The van der Waals surface area contributed by atoms with Crippen LogP contribution in [-0.2, 0) is 17.6 Å². The molecule has 4 nitrogen and oxygen atoms in total. The molecule has 4 rings (SSSR count). The molecule has 0 radical (unpaired) electrons. The van der Waals surface area contributed by atoms with E-state index in [0.717, 1.165) is 37.7 Å². The highest BCUT2D eigenvalue weighted by molar-refractivity contribution is 5.77. The van der Waals surface area contributed by atoms with Crippen molar-refractivity contribution in [1.29, 1.82) is 0 Å². The smallest absolute Gasteiger partial charge is 0.306 e. The van der Waals surface area contributed by atoms with Crippen molar-refractivity contribution in [1.82, 2.24) is 0 Å². The van der Waals surface area contributed by atoms with E-state index in [9.17, 15) is 14.8 Å². The summed E-state index contributed by atoms with van der Waals surface area (Å²) in [5.74, 6) is -1.37. The highest BCUT2D eigenvalue weighted by Gasteiger charge is 2.27. The van der Waals surface area contributed by atoms with Crippen LogP contribution < -0.4 is 0 Å². The van der Waals surface area contributed by atoms with Gasteiger partial charge in [-0.3, -0.25) is 4.79 Å². The first-order chi connectivity index (χ1) is 15.2. The number of hydrogen-bond acceptors (Lipinski definition) is 3. The van der Waals surface area contributed by atoms with Gasteiger partial charge in [0.25, 0.3) is 0 Å². The Morgan fingerprint density at radius 2 is 1.84 bits per heavy atom. The molecule has 1 N–H and O–H groups in total. The summed E-state index contributed by atoms with van der Waals surface area (Å²) in [6.07, 6.45) is 9.41. The Labute approximate surface area is 184 Å². The summed E-state index contributed by atoms with van der Waals surface area (Å²) >= 11 is 0. The summed E-state index contributed by atoms with van der Waals surface area (Å²) in [6, 6.07) is 15.9. The molecular weight excluding hydrogens is 386 g/mol. The molecule has 2 unspecified atom stereocenters. The van der Waals surface area contributed by atoms with Gasteiger partial charge in [0, 0.05) is 0 Å². The fourth-order valence-electron chi connectivity index (χ4n) is 5.20. The molecule has 0 saturated carbocycles. The van der Waals surface area contributed by atoms with Crippen LogP contribution in [0.4, 0.5) is 0 Å². The fourth-order valence-corrected chi connectivity index (χ4v) is 5.20. The summed E-state index contributed by atoms with van der Waals surface area (Å²) in [4.78, 5) is 23.5. The van der Waals surface area contributed by atoms with E-state index in [0.29, 0.717) is 6.42 Å². The number of rotatable bonds is 10. The number of unbranched alkanes of at least 4 members (excludes halogenated alkanes) is 1. The van der Waals surface area contributed by atoms with Crippen LogP contribution in [0.15, 0.2) is 59.3 Å². The predicted octanol–water partition coefficient (Wildman–Crippen LogP) is 6.88. The molecule has 0 spiro atoms. The Morgan fingerprint density at radius 3 is 2.61 bits per heavy atom. The van der Waals surface area contributed by atoms with Crippen molar-refractivity contribution in [2.24, 2.45) is 11.1 Å². The topological polar surface area (TPSA) is 66.7 Å². The summed E-state index contributed by atoms with van der Waals surface area (Å²) in [6.45, 7) is 0. The number of aryl methyl sites for hydroxylation is 1. The zero-order chi connectivity index (χ0) is 21.6. The van der Waals surface area contributed by atoms with Crippen LogP contribution in [-0.4, -0.2) is 11.1 Å². The summed E-state index contributed by atoms with van der Waals surface area (Å²) in [5.41, 5.74) is 7.81. The number of carboxylic acid groups (broad SMARTS) is 1. The molecule has 0 aliphatic heterocycles. The van der Waals surface area contributed by atoms with Crippen LogP contribution in [0.5, 0.6) is 0 Å². The number of carbonyl (C=O) groups is 1. The average molecular weight is 418 g/mol. The highest BCUT2D eigenvalue weighted by atomic mass is 16.4. The molecule has 0 bridgehead atoms. The van der Waals surface area contributed by atoms with Crippen molar-refractivity contribution in [3.63, 3.8) is 0 Å². The van der Waals surface area contributed by atoms with Gasteiger partial charge < -0.3 is 5.11 Å². The van der Waals surface area contributed by atoms with E-state index in [1.807, 2.05) is 24.3 Å². The Hall–Kier alpha value is -2.75. The number of benzene rings is 2. The van der Waals surface area contributed by atoms with Crippen LogP contribution in [0.1, 0.15) is 79.7 Å². The molecule has 0 saturated heterocycles. The zero-order valence-corrected chi connectivity index (χ0v) is 18.1. The van der Waals surface area contributed by atoms with Gasteiger partial charge in [0.1, 0.15) is 6.04 Å². The molecule has 162 valence electrons. The molecule has 31 heavy (non-hydrogen) atoms. The van der Waals surface area contributed by atoms with Gasteiger partial charge >= 0.3 is 5.97 Å². The standard InChI is InChI=1S/C27H31NO3/c29-27(30)22(12-5-4-10-19-8-2-1-3-9-19)18-26(28-31)21-14-15-25-23(17-21)16-20-11-6-7-13-24(20)25/h1-3,8-9,14-15,17,22,26H,4-7,10-13,16,18H2,(H,29,30). The van der Waals surface area contributed by atoms with Gasteiger partial charge in [-0.25, -0.2) is 0 Å². The van der Waals surface area contributed by atoms with Crippen LogP contribution in [0.25, 0.3) is 5.57 Å². The maximum atomic E-state index is 11.9. The third-order valence-electron chi connectivity index (χ3n) is 6.92. The Bertz CT molecular complexity index is 964. The average Bonchev–Trinajstić information content (AvgIpc) is 3.17. The minimum absolute atomic E-state index is 0.274. The largest absolute Gasteiger partial charge is 0.481 e. The molecule has 0 amide bonds. The van der Waals surface area contributed by atoms with E-state index in [1.54, 1.807) is 5.57 Å². The van der Waals surface area contributed by atoms with Gasteiger partial charge in [-0.05, 0) is 85.6 Å². The summed E-state index contributed by atoms with van der Waals surface area (Å²) in [7, 11) is 0. The lowest BCUT2D eigenvalue weighted by molar-refractivity contribution is -0.142. The van der Waals surface area contributed by atoms with Gasteiger partial charge in [-0.1, -0.05) is 65.7 Å². The fraction of sp³-hybridized carbons (Fsp3) is 0.444. The van der Waals surface area contributed by atoms with Crippen LogP contribution in [0, 0.1) is 10.8 Å². The normalized spacial score (nSPS) is 17.0. The number of nitrogens with zero attached hydrogens (tertiary/aromatic N) is 1. The maximum Gasteiger partial charge on any atom is 0.306 e.